The maximum absolute atomic E-state index is 12.1. The lowest BCUT2D eigenvalue weighted by molar-refractivity contribution is -0.122. The normalized spacial score (nSPS) is 26.3. The second-order valence-electron chi connectivity index (χ2n) is 6.06. The van der Waals surface area contributed by atoms with E-state index in [0.717, 1.165) is 26.1 Å². The molecule has 4 nitrogen and oxygen atoms in total. The Balaban J connectivity index is 1.41. The van der Waals surface area contributed by atoms with E-state index in [2.05, 4.69) is 33.0 Å². The first kappa shape index (κ1) is 15.0. The van der Waals surface area contributed by atoms with Gasteiger partial charge in [-0.3, -0.25) is 9.69 Å². The van der Waals surface area contributed by atoms with Gasteiger partial charge in [0.1, 0.15) is 0 Å². The van der Waals surface area contributed by atoms with Gasteiger partial charge in [0, 0.05) is 23.5 Å². The Labute approximate surface area is 130 Å². The molecular formula is C16H25N3OS. The number of nitrogens with one attached hydrogen (secondary N) is 2. The van der Waals surface area contributed by atoms with Crippen LogP contribution in [0.1, 0.15) is 30.6 Å². The summed E-state index contributed by atoms with van der Waals surface area (Å²) in [7, 11) is 0. The third kappa shape index (κ3) is 4.05. The van der Waals surface area contributed by atoms with Crippen LogP contribution in [0.2, 0.25) is 0 Å². The summed E-state index contributed by atoms with van der Waals surface area (Å²) in [6, 6.07) is 5.35. The third-order valence-electron chi connectivity index (χ3n) is 4.60. The van der Waals surface area contributed by atoms with Crippen LogP contribution in [0.3, 0.4) is 0 Å². The summed E-state index contributed by atoms with van der Waals surface area (Å²) < 4.78 is 0. The number of rotatable bonds is 6. The van der Waals surface area contributed by atoms with Crippen LogP contribution in [0, 0.1) is 0 Å². The molecule has 3 heterocycles. The number of nitrogens with zero attached hydrogens (tertiary/aromatic N) is 1. The number of thiophene rings is 1. The second kappa shape index (κ2) is 7.38. The van der Waals surface area contributed by atoms with E-state index in [1.807, 2.05) is 0 Å². The number of carbonyl (C=O) groups excluding carboxylic acids is 1. The molecule has 2 unspecified atom stereocenters. The number of likely N-dealkylation sites (tertiary alicyclic amines) is 1. The highest BCUT2D eigenvalue weighted by Gasteiger charge is 2.33. The standard InChI is InChI=1S/C16H25N3OS/c20-16(18-9-7-13-4-3-11-21-13)12-19-10-2-6-15(19)14-5-1-8-17-14/h3-4,11,14-15,17H,1-2,5-10,12H2,(H,18,20). The smallest absolute Gasteiger partial charge is 0.234 e. The van der Waals surface area contributed by atoms with Gasteiger partial charge in [0.2, 0.25) is 5.91 Å². The maximum Gasteiger partial charge on any atom is 0.234 e. The molecule has 2 N–H and O–H groups in total. The van der Waals surface area contributed by atoms with Gasteiger partial charge in [0.25, 0.3) is 0 Å². The van der Waals surface area contributed by atoms with E-state index in [-0.39, 0.29) is 5.91 Å². The molecule has 1 amide bonds. The summed E-state index contributed by atoms with van der Waals surface area (Å²) in [5.74, 6) is 0.177. The Kier molecular flexibility index (Phi) is 5.27. The topological polar surface area (TPSA) is 44.4 Å². The number of amides is 1. The van der Waals surface area contributed by atoms with Gasteiger partial charge in [-0.05, 0) is 56.6 Å². The number of hydrogen-bond acceptors (Lipinski definition) is 4. The average Bonchev–Trinajstić information content (AvgIpc) is 3.20. The molecule has 2 atom stereocenters. The highest BCUT2D eigenvalue weighted by molar-refractivity contribution is 7.09. The van der Waals surface area contributed by atoms with Crippen molar-refractivity contribution in [2.75, 3.05) is 26.2 Å². The minimum atomic E-state index is 0.177. The monoisotopic (exact) mass is 307 g/mol. The first-order chi connectivity index (χ1) is 10.3. The molecular weight excluding hydrogens is 282 g/mol. The van der Waals surface area contributed by atoms with E-state index >= 15 is 0 Å². The number of hydrogen-bond donors (Lipinski definition) is 2. The van der Waals surface area contributed by atoms with Crippen LogP contribution < -0.4 is 10.6 Å². The van der Waals surface area contributed by atoms with E-state index in [4.69, 9.17) is 0 Å². The lowest BCUT2D eigenvalue weighted by Gasteiger charge is -2.28. The molecule has 0 radical (unpaired) electrons. The van der Waals surface area contributed by atoms with Gasteiger partial charge < -0.3 is 10.6 Å². The summed E-state index contributed by atoms with van der Waals surface area (Å²) in [6.07, 6.45) is 5.95. The van der Waals surface area contributed by atoms with E-state index in [1.54, 1.807) is 11.3 Å². The summed E-state index contributed by atoms with van der Waals surface area (Å²) in [4.78, 5) is 15.8. The molecule has 0 spiro atoms. The van der Waals surface area contributed by atoms with Crippen LogP contribution in [0.5, 0.6) is 0 Å². The quantitative estimate of drug-likeness (QED) is 0.839. The fourth-order valence-corrected chi connectivity index (χ4v) is 4.27. The zero-order valence-corrected chi connectivity index (χ0v) is 13.3. The maximum atomic E-state index is 12.1. The molecule has 21 heavy (non-hydrogen) atoms. The second-order valence-corrected chi connectivity index (χ2v) is 7.09. The third-order valence-corrected chi connectivity index (χ3v) is 5.53. The van der Waals surface area contributed by atoms with Crippen molar-refractivity contribution >= 4 is 17.2 Å². The molecule has 2 saturated heterocycles. The fourth-order valence-electron chi connectivity index (χ4n) is 3.56. The van der Waals surface area contributed by atoms with Crippen LogP contribution in [0.25, 0.3) is 0 Å². The van der Waals surface area contributed by atoms with Crippen LogP contribution in [0.15, 0.2) is 17.5 Å². The van der Waals surface area contributed by atoms with Gasteiger partial charge in [-0.25, -0.2) is 0 Å². The lowest BCUT2D eigenvalue weighted by atomic mass is 10.0. The van der Waals surface area contributed by atoms with Crippen LogP contribution in [0.4, 0.5) is 0 Å². The fraction of sp³-hybridized carbons (Fsp3) is 0.688. The van der Waals surface area contributed by atoms with Gasteiger partial charge in [-0.15, -0.1) is 11.3 Å². The Morgan fingerprint density at radius 2 is 2.38 bits per heavy atom. The Hall–Kier alpha value is -0.910. The SMILES string of the molecule is O=C(CN1CCCC1C1CCCN1)NCCc1cccs1. The van der Waals surface area contributed by atoms with Gasteiger partial charge in [-0.2, -0.15) is 0 Å². The molecule has 2 aliphatic heterocycles. The minimum Gasteiger partial charge on any atom is -0.355 e. The molecule has 116 valence electrons. The Morgan fingerprint density at radius 1 is 1.43 bits per heavy atom. The summed E-state index contributed by atoms with van der Waals surface area (Å²) >= 11 is 1.75. The van der Waals surface area contributed by atoms with Crippen molar-refractivity contribution < 1.29 is 4.79 Å². The van der Waals surface area contributed by atoms with Crippen molar-refractivity contribution in [2.24, 2.45) is 0 Å². The van der Waals surface area contributed by atoms with Crippen LogP contribution >= 0.6 is 11.3 Å². The van der Waals surface area contributed by atoms with Gasteiger partial charge in [-0.1, -0.05) is 6.07 Å². The van der Waals surface area contributed by atoms with Crippen molar-refractivity contribution in [1.29, 1.82) is 0 Å². The van der Waals surface area contributed by atoms with E-state index in [1.165, 1.54) is 30.6 Å². The van der Waals surface area contributed by atoms with Crippen LogP contribution in [-0.2, 0) is 11.2 Å². The zero-order chi connectivity index (χ0) is 14.5. The minimum absolute atomic E-state index is 0.177. The van der Waals surface area contributed by atoms with E-state index < -0.39 is 0 Å². The Bertz CT molecular complexity index is 442. The Morgan fingerprint density at radius 3 is 3.14 bits per heavy atom. The molecule has 2 aliphatic rings. The molecule has 0 aromatic carbocycles. The van der Waals surface area contributed by atoms with Gasteiger partial charge in [0.15, 0.2) is 0 Å². The van der Waals surface area contributed by atoms with Gasteiger partial charge >= 0.3 is 0 Å². The number of carbonyl (C=O) groups is 1. The molecule has 0 aliphatic carbocycles. The largest absolute Gasteiger partial charge is 0.355 e. The van der Waals surface area contributed by atoms with Crippen molar-refractivity contribution in [3.05, 3.63) is 22.4 Å². The predicted octanol–water partition coefficient (Wildman–Crippen LogP) is 1.62. The zero-order valence-electron chi connectivity index (χ0n) is 12.5. The van der Waals surface area contributed by atoms with Crippen molar-refractivity contribution in [1.82, 2.24) is 15.5 Å². The molecule has 0 saturated carbocycles. The lowest BCUT2D eigenvalue weighted by Crippen LogP contribution is -2.47. The average molecular weight is 307 g/mol. The first-order valence-electron chi connectivity index (χ1n) is 8.09. The molecule has 0 bridgehead atoms. The molecule has 3 rings (SSSR count). The van der Waals surface area contributed by atoms with Crippen LogP contribution in [-0.4, -0.2) is 49.1 Å². The van der Waals surface area contributed by atoms with Crippen molar-refractivity contribution in [2.45, 2.75) is 44.2 Å². The summed E-state index contributed by atoms with van der Waals surface area (Å²) in [5.41, 5.74) is 0. The van der Waals surface area contributed by atoms with Gasteiger partial charge in [0.05, 0.1) is 6.54 Å². The molecule has 1 aromatic rings. The summed E-state index contributed by atoms with van der Waals surface area (Å²) in [5, 5.41) is 8.74. The van der Waals surface area contributed by atoms with Crippen molar-refractivity contribution in [3.8, 4) is 0 Å². The highest BCUT2D eigenvalue weighted by atomic mass is 32.1. The van der Waals surface area contributed by atoms with E-state index in [0.29, 0.717) is 18.6 Å². The molecule has 2 fully saturated rings. The van der Waals surface area contributed by atoms with E-state index in [9.17, 15) is 4.79 Å². The van der Waals surface area contributed by atoms with Crippen molar-refractivity contribution in [3.63, 3.8) is 0 Å². The summed E-state index contributed by atoms with van der Waals surface area (Å²) in [6.45, 7) is 3.52. The molecule has 1 aromatic heterocycles. The predicted molar refractivity (Wildman–Crippen MR) is 86.7 cm³/mol. The molecule has 5 heteroatoms. The first-order valence-corrected chi connectivity index (χ1v) is 8.97. The highest BCUT2D eigenvalue weighted by Crippen LogP contribution is 2.24.